The van der Waals surface area contributed by atoms with E-state index in [0.29, 0.717) is 6.04 Å². The predicted octanol–water partition coefficient (Wildman–Crippen LogP) is 1.48. The van der Waals surface area contributed by atoms with Crippen LogP contribution < -0.4 is 5.73 Å². The molecule has 2 N–H and O–H groups in total. The molecule has 1 fully saturated rings. The van der Waals surface area contributed by atoms with Gasteiger partial charge in [0.1, 0.15) is 0 Å². The lowest BCUT2D eigenvalue weighted by Crippen LogP contribution is -2.18. The van der Waals surface area contributed by atoms with Crippen molar-refractivity contribution >= 4 is 0 Å². The number of rotatable bonds is 0. The summed E-state index contributed by atoms with van der Waals surface area (Å²) in [6.45, 7) is 0. The molecule has 0 bridgehead atoms. The molecule has 0 aromatic rings. The van der Waals surface area contributed by atoms with Crippen LogP contribution >= 0.6 is 0 Å². The fourth-order valence-corrected chi connectivity index (χ4v) is 1.15. The van der Waals surface area contributed by atoms with Crippen molar-refractivity contribution < 1.29 is 0 Å². The zero-order valence-corrected chi connectivity index (χ0v) is 5.27. The predicted molar refractivity (Wildman–Crippen MR) is 35.4 cm³/mol. The maximum Gasteiger partial charge on any atom is 0.00703 e. The Hall–Kier alpha value is -0.0400. The van der Waals surface area contributed by atoms with Crippen LogP contribution in [0, 0.1) is 6.42 Å². The Morgan fingerprint density at radius 2 is 2.12 bits per heavy atom. The highest BCUT2D eigenvalue weighted by atomic mass is 14.6. The average Bonchev–Trinajstić information content (AvgIpc) is 1.94. The minimum Gasteiger partial charge on any atom is -0.327 e. The molecule has 1 radical (unpaired) electrons. The minimum absolute atomic E-state index is 0.400. The molecule has 1 nitrogen and oxygen atoms in total. The maximum absolute atomic E-state index is 5.68. The fraction of sp³-hybridized carbons (Fsp3) is 0.857. The Morgan fingerprint density at radius 3 is 3.00 bits per heavy atom. The fourth-order valence-electron chi connectivity index (χ4n) is 1.15. The number of hydrogen-bond donors (Lipinski definition) is 1. The third-order valence-electron chi connectivity index (χ3n) is 1.71. The highest BCUT2D eigenvalue weighted by Crippen LogP contribution is 2.14. The van der Waals surface area contributed by atoms with Crippen molar-refractivity contribution in [2.75, 3.05) is 0 Å². The molecule has 1 aliphatic rings. The lowest BCUT2D eigenvalue weighted by Gasteiger charge is -2.02. The van der Waals surface area contributed by atoms with Gasteiger partial charge in [-0.25, -0.2) is 0 Å². The van der Waals surface area contributed by atoms with Gasteiger partial charge in [0.05, 0.1) is 0 Å². The van der Waals surface area contributed by atoms with Crippen LogP contribution in [0.4, 0.5) is 0 Å². The molecule has 1 aliphatic carbocycles. The summed E-state index contributed by atoms with van der Waals surface area (Å²) < 4.78 is 0. The normalized spacial score (nSPS) is 25.1. The van der Waals surface area contributed by atoms with Crippen LogP contribution in [0.15, 0.2) is 0 Å². The first kappa shape index (κ1) is 6.09. The van der Waals surface area contributed by atoms with E-state index in [0.717, 1.165) is 0 Å². The summed E-state index contributed by atoms with van der Waals surface area (Å²) in [4.78, 5) is 0. The quantitative estimate of drug-likeness (QED) is 0.472. The van der Waals surface area contributed by atoms with Gasteiger partial charge >= 0.3 is 0 Å². The molecule has 0 saturated heterocycles. The molecular weight excluding hydrogens is 98.1 g/mol. The van der Waals surface area contributed by atoms with Crippen LogP contribution in [0.1, 0.15) is 32.1 Å². The molecule has 1 atom stereocenters. The smallest absolute Gasteiger partial charge is 0.00703 e. The van der Waals surface area contributed by atoms with Crippen molar-refractivity contribution in [1.82, 2.24) is 0 Å². The molecule has 1 rings (SSSR count). The molecule has 0 amide bonds. The Kier molecular flexibility index (Phi) is 2.34. The molecule has 0 spiro atoms. The summed E-state index contributed by atoms with van der Waals surface area (Å²) in [6.07, 6.45) is 8.75. The van der Waals surface area contributed by atoms with Crippen LogP contribution in [-0.2, 0) is 0 Å². The summed E-state index contributed by atoms with van der Waals surface area (Å²) >= 11 is 0. The second-order valence-corrected chi connectivity index (χ2v) is 2.54. The van der Waals surface area contributed by atoms with E-state index in [1.807, 2.05) is 0 Å². The summed E-state index contributed by atoms with van der Waals surface area (Å²) in [5.74, 6) is 0. The lowest BCUT2D eigenvalue weighted by molar-refractivity contribution is 0.652. The molecular formula is C7H14N. The van der Waals surface area contributed by atoms with Gasteiger partial charge < -0.3 is 5.73 Å². The van der Waals surface area contributed by atoms with E-state index in [2.05, 4.69) is 6.42 Å². The second-order valence-electron chi connectivity index (χ2n) is 2.54. The number of nitrogens with two attached hydrogens (primary N) is 1. The van der Waals surface area contributed by atoms with Gasteiger partial charge in [-0.1, -0.05) is 19.3 Å². The zero-order valence-electron chi connectivity index (χ0n) is 5.27. The van der Waals surface area contributed by atoms with Crippen LogP contribution in [0.25, 0.3) is 0 Å². The van der Waals surface area contributed by atoms with E-state index in [1.54, 1.807) is 0 Å². The second kappa shape index (κ2) is 3.08. The lowest BCUT2D eigenvalue weighted by atomic mass is 10.1. The molecule has 8 heavy (non-hydrogen) atoms. The molecule has 0 aromatic heterocycles. The summed E-state index contributed by atoms with van der Waals surface area (Å²) in [5.41, 5.74) is 5.68. The van der Waals surface area contributed by atoms with Gasteiger partial charge in [-0.05, 0) is 19.3 Å². The highest BCUT2D eigenvalue weighted by Gasteiger charge is 2.05. The topological polar surface area (TPSA) is 26.0 Å². The molecule has 0 aromatic carbocycles. The average molecular weight is 112 g/mol. The van der Waals surface area contributed by atoms with Crippen molar-refractivity contribution in [2.24, 2.45) is 5.73 Å². The molecule has 0 heterocycles. The van der Waals surface area contributed by atoms with E-state index in [1.165, 1.54) is 32.1 Å². The Balaban J connectivity index is 2.17. The maximum atomic E-state index is 5.68. The van der Waals surface area contributed by atoms with Crippen LogP contribution in [0.2, 0.25) is 0 Å². The van der Waals surface area contributed by atoms with Crippen molar-refractivity contribution in [2.45, 2.75) is 38.1 Å². The van der Waals surface area contributed by atoms with E-state index in [4.69, 9.17) is 5.73 Å². The highest BCUT2D eigenvalue weighted by molar-refractivity contribution is 4.81. The molecule has 0 aliphatic heterocycles. The van der Waals surface area contributed by atoms with Gasteiger partial charge in [0, 0.05) is 6.04 Å². The van der Waals surface area contributed by atoms with Crippen molar-refractivity contribution in [3.8, 4) is 0 Å². The van der Waals surface area contributed by atoms with Gasteiger partial charge in [-0.3, -0.25) is 0 Å². The van der Waals surface area contributed by atoms with Gasteiger partial charge in [-0.15, -0.1) is 0 Å². The van der Waals surface area contributed by atoms with E-state index < -0.39 is 0 Å². The van der Waals surface area contributed by atoms with Gasteiger partial charge in [-0.2, -0.15) is 0 Å². The first-order valence-electron chi connectivity index (χ1n) is 3.48. The standard InChI is InChI=1S/C7H14N/c8-7-5-3-1-2-4-6-7/h5,7H,1-4,6,8H2. The first-order valence-corrected chi connectivity index (χ1v) is 3.48. The minimum atomic E-state index is 0.400. The summed E-state index contributed by atoms with van der Waals surface area (Å²) in [6, 6.07) is 0.400. The van der Waals surface area contributed by atoms with Gasteiger partial charge in [0.25, 0.3) is 0 Å². The first-order chi connectivity index (χ1) is 3.89. The molecule has 1 unspecified atom stereocenters. The van der Waals surface area contributed by atoms with Crippen molar-refractivity contribution in [3.05, 3.63) is 6.42 Å². The summed E-state index contributed by atoms with van der Waals surface area (Å²) in [7, 11) is 0. The SMILES string of the molecule is NC1[CH]CCCCC1. The largest absolute Gasteiger partial charge is 0.327 e. The monoisotopic (exact) mass is 112 g/mol. The van der Waals surface area contributed by atoms with E-state index in [-0.39, 0.29) is 0 Å². The van der Waals surface area contributed by atoms with E-state index >= 15 is 0 Å². The van der Waals surface area contributed by atoms with Crippen molar-refractivity contribution in [3.63, 3.8) is 0 Å². The summed E-state index contributed by atoms with van der Waals surface area (Å²) in [5, 5.41) is 0. The Bertz CT molecular complexity index is 53.4. The Morgan fingerprint density at radius 1 is 1.25 bits per heavy atom. The van der Waals surface area contributed by atoms with Crippen LogP contribution in [0.3, 0.4) is 0 Å². The molecule has 1 heteroatoms. The third kappa shape index (κ3) is 1.83. The van der Waals surface area contributed by atoms with Crippen LogP contribution in [-0.4, -0.2) is 6.04 Å². The molecule has 1 saturated carbocycles. The van der Waals surface area contributed by atoms with Crippen molar-refractivity contribution in [1.29, 1.82) is 0 Å². The van der Waals surface area contributed by atoms with Gasteiger partial charge in [0.2, 0.25) is 0 Å². The number of hydrogen-bond acceptors (Lipinski definition) is 1. The van der Waals surface area contributed by atoms with Crippen LogP contribution in [0.5, 0.6) is 0 Å². The third-order valence-corrected chi connectivity index (χ3v) is 1.71. The molecule has 47 valence electrons. The Labute approximate surface area is 51.3 Å². The van der Waals surface area contributed by atoms with Gasteiger partial charge in [0.15, 0.2) is 0 Å². The van der Waals surface area contributed by atoms with E-state index in [9.17, 15) is 0 Å². The zero-order chi connectivity index (χ0) is 5.82.